The predicted octanol–water partition coefficient (Wildman–Crippen LogP) is 2.13. The summed E-state index contributed by atoms with van der Waals surface area (Å²) >= 11 is 0. The third kappa shape index (κ3) is 3.76. The highest BCUT2D eigenvalue weighted by Crippen LogP contribution is 2.19. The van der Waals surface area contributed by atoms with E-state index in [1.54, 1.807) is 4.31 Å². The number of benzene rings is 1. The van der Waals surface area contributed by atoms with Gasteiger partial charge in [-0.05, 0) is 49.0 Å². The summed E-state index contributed by atoms with van der Waals surface area (Å²) in [6, 6.07) is 8.79. The first-order valence-electron chi connectivity index (χ1n) is 8.22. The van der Waals surface area contributed by atoms with Gasteiger partial charge in [-0.15, -0.1) is 0 Å². The van der Waals surface area contributed by atoms with Crippen molar-refractivity contribution in [2.24, 2.45) is 0 Å². The normalized spacial score (nSPS) is 18.3. The van der Waals surface area contributed by atoms with Crippen LogP contribution in [0.5, 0.6) is 0 Å². The molecular weight excluding hydrogens is 310 g/mol. The summed E-state index contributed by atoms with van der Waals surface area (Å²) in [6.45, 7) is 6.97. The molecule has 6 heteroatoms. The van der Waals surface area contributed by atoms with Crippen LogP contribution in [0.1, 0.15) is 18.9 Å². The molecule has 0 radical (unpaired) electrons. The molecule has 126 valence electrons. The summed E-state index contributed by atoms with van der Waals surface area (Å²) in [5, 5.41) is 1.27. The lowest BCUT2D eigenvalue weighted by Gasteiger charge is -2.20. The fraction of sp³-hybridized carbons (Fsp3) is 0.529. The van der Waals surface area contributed by atoms with Gasteiger partial charge in [0.25, 0.3) is 0 Å². The number of hydrogen-bond acceptors (Lipinski definition) is 3. The lowest BCUT2D eigenvalue weighted by Crippen LogP contribution is -2.34. The second-order valence-corrected chi connectivity index (χ2v) is 8.27. The van der Waals surface area contributed by atoms with Gasteiger partial charge in [0.05, 0.1) is 6.26 Å². The molecule has 1 aliphatic heterocycles. The Bertz CT molecular complexity index is 782. The first kappa shape index (κ1) is 16.5. The maximum Gasteiger partial charge on any atom is 0.211 e. The van der Waals surface area contributed by atoms with Crippen molar-refractivity contribution in [1.82, 2.24) is 13.8 Å². The minimum absolute atomic E-state index is 0.591. The molecule has 0 unspecified atom stereocenters. The van der Waals surface area contributed by atoms with Crippen LogP contribution in [-0.4, -0.2) is 54.6 Å². The second-order valence-electron chi connectivity index (χ2n) is 6.29. The van der Waals surface area contributed by atoms with E-state index in [1.807, 2.05) is 0 Å². The standard InChI is InChI=1S/C17H25N3O2S/c1-3-19-10-7-16-13-15(5-6-17(16)19)14-18-8-4-9-20(12-11-18)23(2,21)22/h5-7,10,13H,3-4,8-9,11-12,14H2,1-2H3. The molecule has 0 spiro atoms. The Morgan fingerprint density at radius 1 is 1.09 bits per heavy atom. The van der Waals surface area contributed by atoms with Crippen LogP contribution in [-0.2, 0) is 23.1 Å². The van der Waals surface area contributed by atoms with Crippen molar-refractivity contribution in [3.63, 3.8) is 0 Å². The first-order valence-corrected chi connectivity index (χ1v) is 10.1. The summed E-state index contributed by atoms with van der Waals surface area (Å²) in [5.41, 5.74) is 2.56. The van der Waals surface area contributed by atoms with Crippen LogP contribution < -0.4 is 0 Å². The van der Waals surface area contributed by atoms with Crippen molar-refractivity contribution in [3.05, 3.63) is 36.0 Å². The van der Waals surface area contributed by atoms with E-state index in [4.69, 9.17) is 0 Å². The van der Waals surface area contributed by atoms with E-state index in [1.165, 1.54) is 22.7 Å². The van der Waals surface area contributed by atoms with Gasteiger partial charge in [0.15, 0.2) is 0 Å². The largest absolute Gasteiger partial charge is 0.348 e. The number of hydrogen-bond donors (Lipinski definition) is 0. The molecule has 0 aliphatic carbocycles. The minimum Gasteiger partial charge on any atom is -0.348 e. The Morgan fingerprint density at radius 2 is 1.91 bits per heavy atom. The minimum atomic E-state index is -3.07. The third-order valence-corrected chi connectivity index (χ3v) is 5.90. The van der Waals surface area contributed by atoms with E-state index in [9.17, 15) is 8.42 Å². The highest BCUT2D eigenvalue weighted by Gasteiger charge is 2.21. The number of rotatable bonds is 4. The van der Waals surface area contributed by atoms with Crippen LogP contribution in [0.25, 0.3) is 10.9 Å². The highest BCUT2D eigenvalue weighted by atomic mass is 32.2. The number of aromatic nitrogens is 1. The van der Waals surface area contributed by atoms with Crippen LogP contribution in [0.3, 0.4) is 0 Å². The molecule has 0 amide bonds. The summed E-state index contributed by atoms with van der Waals surface area (Å²) in [7, 11) is -3.07. The molecule has 1 aromatic heterocycles. The Morgan fingerprint density at radius 3 is 2.65 bits per heavy atom. The van der Waals surface area contributed by atoms with E-state index in [2.05, 4.69) is 46.9 Å². The van der Waals surface area contributed by atoms with Gasteiger partial charge in [-0.25, -0.2) is 12.7 Å². The highest BCUT2D eigenvalue weighted by molar-refractivity contribution is 7.88. The van der Waals surface area contributed by atoms with Crippen LogP contribution in [0, 0.1) is 0 Å². The van der Waals surface area contributed by atoms with Crippen LogP contribution in [0.4, 0.5) is 0 Å². The van der Waals surface area contributed by atoms with Crippen LogP contribution >= 0.6 is 0 Å². The zero-order valence-corrected chi connectivity index (χ0v) is 14.7. The van der Waals surface area contributed by atoms with Crippen LogP contribution in [0.2, 0.25) is 0 Å². The average molecular weight is 335 g/mol. The molecule has 5 nitrogen and oxygen atoms in total. The molecule has 1 fully saturated rings. The fourth-order valence-electron chi connectivity index (χ4n) is 3.32. The van der Waals surface area contributed by atoms with Gasteiger partial charge in [-0.2, -0.15) is 0 Å². The molecule has 23 heavy (non-hydrogen) atoms. The van der Waals surface area contributed by atoms with Gasteiger partial charge in [-0.3, -0.25) is 4.90 Å². The van der Waals surface area contributed by atoms with Crippen molar-refractivity contribution in [2.75, 3.05) is 32.4 Å². The van der Waals surface area contributed by atoms with Gasteiger partial charge < -0.3 is 4.57 Å². The van der Waals surface area contributed by atoms with Crippen molar-refractivity contribution in [3.8, 4) is 0 Å². The molecule has 0 bridgehead atoms. The molecule has 1 aromatic carbocycles. The number of fused-ring (bicyclic) bond motifs is 1. The Labute approximate surface area is 138 Å². The molecule has 0 atom stereocenters. The molecule has 3 rings (SSSR count). The quantitative estimate of drug-likeness (QED) is 0.860. The lowest BCUT2D eigenvalue weighted by atomic mass is 10.1. The summed E-state index contributed by atoms with van der Waals surface area (Å²) in [6.07, 6.45) is 4.32. The number of sulfonamides is 1. The van der Waals surface area contributed by atoms with Crippen molar-refractivity contribution < 1.29 is 8.42 Å². The lowest BCUT2D eigenvalue weighted by molar-refractivity contribution is 0.279. The number of aryl methyl sites for hydroxylation is 1. The van der Waals surface area contributed by atoms with Gasteiger partial charge in [-0.1, -0.05) is 6.07 Å². The summed E-state index contributed by atoms with van der Waals surface area (Å²) < 4.78 is 27.2. The molecular formula is C17H25N3O2S. The fourth-order valence-corrected chi connectivity index (χ4v) is 4.19. The molecule has 2 aromatic rings. The zero-order chi connectivity index (χ0) is 16.4. The Hall–Kier alpha value is -1.37. The molecule has 1 aliphatic rings. The Balaban J connectivity index is 1.69. The van der Waals surface area contributed by atoms with E-state index >= 15 is 0 Å². The van der Waals surface area contributed by atoms with E-state index in [0.717, 1.165) is 32.6 Å². The third-order valence-electron chi connectivity index (χ3n) is 4.60. The molecule has 0 N–H and O–H groups in total. The molecule has 1 saturated heterocycles. The maximum atomic E-state index is 11.7. The second kappa shape index (κ2) is 6.63. The smallest absolute Gasteiger partial charge is 0.211 e. The Kier molecular flexibility index (Phi) is 4.75. The molecule has 0 saturated carbocycles. The maximum absolute atomic E-state index is 11.7. The van der Waals surface area contributed by atoms with Gasteiger partial charge in [0.1, 0.15) is 0 Å². The van der Waals surface area contributed by atoms with Crippen molar-refractivity contribution in [2.45, 2.75) is 26.4 Å². The summed E-state index contributed by atoms with van der Waals surface area (Å²) in [5.74, 6) is 0. The van der Waals surface area contributed by atoms with Gasteiger partial charge >= 0.3 is 0 Å². The topological polar surface area (TPSA) is 45.5 Å². The average Bonchev–Trinajstić information content (AvgIpc) is 2.75. The van der Waals surface area contributed by atoms with Gasteiger partial charge in [0.2, 0.25) is 10.0 Å². The monoisotopic (exact) mass is 335 g/mol. The predicted molar refractivity (Wildman–Crippen MR) is 93.9 cm³/mol. The van der Waals surface area contributed by atoms with Crippen molar-refractivity contribution in [1.29, 1.82) is 0 Å². The van der Waals surface area contributed by atoms with Crippen molar-refractivity contribution >= 4 is 20.9 Å². The summed E-state index contributed by atoms with van der Waals surface area (Å²) in [4.78, 5) is 2.35. The SMILES string of the molecule is CCn1ccc2cc(CN3CCCN(S(C)(=O)=O)CC3)ccc21. The van der Waals surface area contributed by atoms with E-state index < -0.39 is 10.0 Å². The first-order chi connectivity index (χ1) is 11.0. The van der Waals surface area contributed by atoms with E-state index in [0.29, 0.717) is 13.1 Å². The molecule has 2 heterocycles. The van der Waals surface area contributed by atoms with Crippen LogP contribution in [0.15, 0.2) is 30.5 Å². The number of nitrogens with zero attached hydrogens (tertiary/aromatic N) is 3. The van der Waals surface area contributed by atoms with E-state index in [-0.39, 0.29) is 0 Å². The van der Waals surface area contributed by atoms with Gasteiger partial charge in [0, 0.05) is 44.4 Å². The zero-order valence-electron chi connectivity index (χ0n) is 13.9.